The normalized spacial score (nSPS) is 22.2. The molecule has 3 nitrogen and oxygen atoms in total. The zero-order chi connectivity index (χ0) is 13.4. The summed E-state index contributed by atoms with van der Waals surface area (Å²) in [6, 6.07) is 0. The first-order valence-electron chi connectivity index (χ1n) is 6.21. The van der Waals surface area contributed by atoms with E-state index in [0.717, 1.165) is 11.9 Å². The number of nitrogens with two attached hydrogens (primary N) is 1. The van der Waals surface area contributed by atoms with Gasteiger partial charge in [0, 0.05) is 11.8 Å². The van der Waals surface area contributed by atoms with Crippen LogP contribution >= 0.6 is 0 Å². The van der Waals surface area contributed by atoms with Crippen LogP contribution in [0.25, 0.3) is 0 Å². The Morgan fingerprint density at radius 2 is 2.33 bits per heavy atom. The molecule has 1 aliphatic carbocycles. The Balaban J connectivity index is 2.53. The topological polar surface area (TPSA) is 55.1 Å². The average molecular weight is 241 g/mol. The highest BCUT2D eigenvalue weighted by Gasteiger charge is 2.17. The van der Waals surface area contributed by atoms with E-state index in [4.69, 9.17) is 13.6 Å². The van der Waals surface area contributed by atoms with Gasteiger partial charge in [-0.25, -0.2) is 0 Å². The fourth-order valence-electron chi connectivity index (χ4n) is 1.72. The summed E-state index contributed by atoms with van der Waals surface area (Å²) in [7, 11) is 7.01. The molecule has 1 aliphatic rings. The van der Waals surface area contributed by atoms with E-state index in [1.807, 2.05) is 18.2 Å². The van der Waals surface area contributed by atoms with Crippen LogP contribution in [0.5, 0.6) is 0 Å². The molecule has 0 spiro atoms. The second kappa shape index (κ2) is 7.27. The molecule has 0 aromatic rings. The maximum Gasteiger partial charge on any atom is 0.284 e. The molecule has 1 rings (SSSR count). The van der Waals surface area contributed by atoms with Crippen molar-refractivity contribution in [1.82, 2.24) is 5.23 Å². The molecule has 0 aromatic carbocycles. The fraction of sp³-hybridized carbons (Fsp3) is 0.462. The SMILES string of the molecule is [B]CCC(=O)N[B]C1=CC=CC(C)(CCN)C=C1. The minimum absolute atomic E-state index is 0.0118. The van der Waals surface area contributed by atoms with Crippen LogP contribution in [0, 0.1) is 5.41 Å². The molecule has 1 atom stereocenters. The van der Waals surface area contributed by atoms with Crippen molar-refractivity contribution in [3.8, 4) is 0 Å². The molecule has 3 radical (unpaired) electrons. The Kier molecular flexibility index (Phi) is 5.99. The van der Waals surface area contributed by atoms with Gasteiger partial charge in [0.25, 0.3) is 7.41 Å². The third-order valence-electron chi connectivity index (χ3n) is 2.88. The van der Waals surface area contributed by atoms with E-state index in [9.17, 15) is 4.79 Å². The summed E-state index contributed by atoms with van der Waals surface area (Å²) in [6.07, 6.45) is 11.8. The van der Waals surface area contributed by atoms with Gasteiger partial charge in [-0.1, -0.05) is 49.1 Å². The van der Waals surface area contributed by atoms with Gasteiger partial charge < -0.3 is 11.0 Å². The molecule has 3 N–H and O–H groups in total. The van der Waals surface area contributed by atoms with Gasteiger partial charge in [0.05, 0.1) is 7.85 Å². The van der Waals surface area contributed by atoms with Gasteiger partial charge in [-0.15, -0.1) is 0 Å². The Hall–Kier alpha value is -1.22. The molecule has 0 heterocycles. The largest absolute Gasteiger partial charge is 0.398 e. The van der Waals surface area contributed by atoms with Crippen LogP contribution in [0.3, 0.4) is 0 Å². The molecule has 0 fully saturated rings. The van der Waals surface area contributed by atoms with Gasteiger partial charge >= 0.3 is 0 Å². The zero-order valence-corrected chi connectivity index (χ0v) is 10.9. The first-order chi connectivity index (χ1) is 8.59. The fourth-order valence-corrected chi connectivity index (χ4v) is 1.72. The number of hydrogen-bond acceptors (Lipinski definition) is 2. The van der Waals surface area contributed by atoms with Gasteiger partial charge in [0.2, 0.25) is 5.91 Å². The Morgan fingerprint density at radius 3 is 3.00 bits per heavy atom. The minimum Gasteiger partial charge on any atom is -0.398 e. The molecule has 93 valence electrons. The molecule has 5 heteroatoms. The highest BCUT2D eigenvalue weighted by Crippen LogP contribution is 2.26. The lowest BCUT2D eigenvalue weighted by atomic mass is 9.80. The smallest absolute Gasteiger partial charge is 0.284 e. The lowest BCUT2D eigenvalue weighted by Crippen LogP contribution is -2.28. The molecule has 0 saturated carbocycles. The number of rotatable bonds is 6. The molecular formula is C13H19B2N2O. The number of nitrogens with one attached hydrogen (secondary N) is 1. The van der Waals surface area contributed by atoms with E-state index in [1.54, 1.807) is 7.41 Å². The van der Waals surface area contributed by atoms with Crippen LogP contribution in [-0.4, -0.2) is 27.7 Å². The van der Waals surface area contributed by atoms with E-state index in [1.165, 1.54) is 0 Å². The zero-order valence-electron chi connectivity index (χ0n) is 10.9. The Bertz CT molecular complexity index is 377. The van der Waals surface area contributed by atoms with E-state index in [0.29, 0.717) is 19.3 Å². The molecule has 1 amide bonds. The molecule has 0 saturated heterocycles. The third-order valence-corrected chi connectivity index (χ3v) is 2.88. The molecule has 18 heavy (non-hydrogen) atoms. The maximum atomic E-state index is 11.3. The van der Waals surface area contributed by atoms with E-state index in [2.05, 4.69) is 24.3 Å². The van der Waals surface area contributed by atoms with E-state index >= 15 is 0 Å². The molecule has 0 aromatic heterocycles. The van der Waals surface area contributed by atoms with Crippen molar-refractivity contribution in [1.29, 1.82) is 0 Å². The second-order valence-corrected chi connectivity index (χ2v) is 4.65. The standard InChI is InChI=1S/C13H19B2N2O/c1-13(8-10-16)6-2-3-11(4-7-13)15-17-12(18)5-9-14/h2-4,6-7H,5,8-10,16H2,1H3,(H,17,18). The van der Waals surface area contributed by atoms with Crippen molar-refractivity contribution in [2.24, 2.45) is 11.1 Å². The molecule has 0 aliphatic heterocycles. The van der Waals surface area contributed by atoms with Gasteiger partial charge in [0.1, 0.15) is 0 Å². The van der Waals surface area contributed by atoms with E-state index < -0.39 is 0 Å². The van der Waals surface area contributed by atoms with Gasteiger partial charge in [0.15, 0.2) is 0 Å². The number of allylic oxidation sites excluding steroid dienone is 6. The van der Waals surface area contributed by atoms with Crippen molar-refractivity contribution in [3.63, 3.8) is 0 Å². The van der Waals surface area contributed by atoms with Crippen LogP contribution < -0.4 is 11.0 Å². The Labute approximate surface area is 111 Å². The first kappa shape index (κ1) is 14.8. The van der Waals surface area contributed by atoms with Crippen LogP contribution in [-0.2, 0) is 4.79 Å². The van der Waals surface area contributed by atoms with Crippen molar-refractivity contribution >= 4 is 21.2 Å². The number of carbonyl (C=O) groups excluding carboxylic acids is 1. The lowest BCUT2D eigenvalue weighted by molar-refractivity contribution is -0.119. The molecular weight excluding hydrogens is 222 g/mol. The Morgan fingerprint density at radius 1 is 1.56 bits per heavy atom. The van der Waals surface area contributed by atoms with E-state index in [-0.39, 0.29) is 11.3 Å². The molecule has 0 bridgehead atoms. The summed E-state index contributed by atoms with van der Waals surface area (Å²) in [5.74, 6) is -0.0650. The summed E-state index contributed by atoms with van der Waals surface area (Å²) in [5, 5.41) is 2.72. The lowest BCUT2D eigenvalue weighted by Gasteiger charge is -2.19. The van der Waals surface area contributed by atoms with Crippen molar-refractivity contribution in [3.05, 3.63) is 35.9 Å². The number of carbonyl (C=O) groups is 1. The predicted octanol–water partition coefficient (Wildman–Crippen LogP) is 1.06. The highest BCUT2D eigenvalue weighted by atomic mass is 16.1. The maximum absolute atomic E-state index is 11.3. The summed E-state index contributed by atoms with van der Waals surface area (Å²) in [6.45, 7) is 2.79. The second-order valence-electron chi connectivity index (χ2n) is 4.65. The molecule has 1 unspecified atom stereocenters. The van der Waals surface area contributed by atoms with Crippen LogP contribution in [0.2, 0.25) is 6.32 Å². The summed E-state index contributed by atoms with van der Waals surface area (Å²) in [5.41, 5.74) is 6.54. The van der Waals surface area contributed by atoms with Gasteiger partial charge in [-0.3, -0.25) is 4.79 Å². The van der Waals surface area contributed by atoms with Crippen molar-refractivity contribution in [2.45, 2.75) is 26.1 Å². The highest BCUT2D eigenvalue weighted by molar-refractivity contribution is 6.47. The van der Waals surface area contributed by atoms with Crippen LogP contribution in [0.4, 0.5) is 0 Å². The predicted molar refractivity (Wildman–Crippen MR) is 77.2 cm³/mol. The first-order valence-corrected chi connectivity index (χ1v) is 6.21. The minimum atomic E-state index is -0.0650. The van der Waals surface area contributed by atoms with Crippen molar-refractivity contribution < 1.29 is 4.79 Å². The summed E-state index contributed by atoms with van der Waals surface area (Å²) >= 11 is 0. The average Bonchev–Trinajstić information content (AvgIpc) is 2.50. The summed E-state index contributed by atoms with van der Waals surface area (Å²) in [4.78, 5) is 11.3. The third kappa shape index (κ3) is 4.96. The van der Waals surface area contributed by atoms with Gasteiger partial charge in [-0.2, -0.15) is 0 Å². The number of amides is 1. The van der Waals surface area contributed by atoms with Crippen LogP contribution in [0.15, 0.2) is 35.9 Å². The quantitative estimate of drug-likeness (QED) is 0.683. The summed E-state index contributed by atoms with van der Waals surface area (Å²) < 4.78 is 0. The monoisotopic (exact) mass is 241 g/mol. The van der Waals surface area contributed by atoms with Gasteiger partial charge in [-0.05, 0) is 13.0 Å². The van der Waals surface area contributed by atoms with Crippen molar-refractivity contribution in [2.75, 3.05) is 6.54 Å². The van der Waals surface area contributed by atoms with Crippen LogP contribution in [0.1, 0.15) is 19.8 Å². The number of hydrogen-bond donors (Lipinski definition) is 2.